The van der Waals surface area contributed by atoms with Crippen LogP contribution in [0, 0.1) is 0 Å². The standard InChI is InChI=1S/C59H41N3/c1-59(2)52-21-11-8-18-47(52)48-33-30-42(36-53(48)59)54-37-55(61-58(60-54)41-14-4-3-5-15-41)49-35-34-44(45-16-6-7-17-46(45)49)40-26-24-38(25-27-40)39-28-31-43(32-29-39)62-56-22-12-9-19-50(56)51-20-10-13-23-57(51)62/h3-37H,1-2H3. The van der Waals surface area contributed by atoms with Crippen LogP contribution < -0.4 is 0 Å². The number of hydrogen-bond acceptors (Lipinski definition) is 2. The molecule has 0 aliphatic heterocycles. The number of fused-ring (bicyclic) bond motifs is 7. The topological polar surface area (TPSA) is 30.7 Å². The van der Waals surface area contributed by atoms with Crippen molar-refractivity contribution in [2.75, 3.05) is 0 Å². The van der Waals surface area contributed by atoms with E-state index in [1.165, 1.54) is 71.7 Å². The fourth-order valence-electron chi connectivity index (χ4n) is 9.93. The van der Waals surface area contributed by atoms with Gasteiger partial charge in [0.2, 0.25) is 0 Å². The van der Waals surface area contributed by atoms with Crippen LogP contribution in [-0.2, 0) is 5.41 Å². The molecular formula is C59H41N3. The third kappa shape index (κ3) is 5.73. The minimum absolute atomic E-state index is 0.108. The van der Waals surface area contributed by atoms with Gasteiger partial charge >= 0.3 is 0 Å². The number of benzene rings is 9. The van der Waals surface area contributed by atoms with E-state index >= 15 is 0 Å². The van der Waals surface area contributed by atoms with Gasteiger partial charge in [0.15, 0.2) is 5.82 Å². The van der Waals surface area contributed by atoms with Crippen LogP contribution >= 0.6 is 0 Å². The Morgan fingerprint density at radius 1 is 0.339 bits per heavy atom. The van der Waals surface area contributed by atoms with Crippen LogP contribution in [0.3, 0.4) is 0 Å². The lowest BCUT2D eigenvalue weighted by atomic mass is 9.82. The SMILES string of the molecule is CC1(C)c2ccccc2-c2ccc(-c3cc(-c4ccc(-c5ccc(-c6ccc(-n7c8ccccc8c8ccccc87)cc6)cc5)c5ccccc45)nc(-c4ccccc4)n3)cc21. The second-order valence-electron chi connectivity index (χ2n) is 17.0. The Bertz CT molecular complexity index is 3470. The van der Waals surface area contributed by atoms with Gasteiger partial charge < -0.3 is 4.57 Å². The van der Waals surface area contributed by atoms with Gasteiger partial charge in [-0.05, 0) is 91.7 Å². The summed E-state index contributed by atoms with van der Waals surface area (Å²) >= 11 is 0. The van der Waals surface area contributed by atoms with Gasteiger partial charge in [-0.25, -0.2) is 9.97 Å². The van der Waals surface area contributed by atoms with Gasteiger partial charge in [0.25, 0.3) is 0 Å². The lowest BCUT2D eigenvalue weighted by Gasteiger charge is -2.22. The number of hydrogen-bond donors (Lipinski definition) is 0. The van der Waals surface area contributed by atoms with Crippen molar-refractivity contribution in [1.82, 2.24) is 14.5 Å². The van der Waals surface area contributed by atoms with E-state index in [0.29, 0.717) is 5.82 Å². The van der Waals surface area contributed by atoms with Gasteiger partial charge in [-0.2, -0.15) is 0 Å². The Hall–Kier alpha value is -7.88. The van der Waals surface area contributed by atoms with E-state index in [9.17, 15) is 0 Å². The Morgan fingerprint density at radius 2 is 0.839 bits per heavy atom. The van der Waals surface area contributed by atoms with Crippen molar-refractivity contribution in [2.45, 2.75) is 19.3 Å². The van der Waals surface area contributed by atoms with Crippen LogP contribution in [0.5, 0.6) is 0 Å². The molecule has 2 heterocycles. The molecule has 12 rings (SSSR count). The summed E-state index contributed by atoms with van der Waals surface area (Å²) in [6.07, 6.45) is 0. The lowest BCUT2D eigenvalue weighted by molar-refractivity contribution is 0.660. The quantitative estimate of drug-likeness (QED) is 0.168. The van der Waals surface area contributed by atoms with E-state index in [1.54, 1.807) is 0 Å². The van der Waals surface area contributed by atoms with E-state index in [0.717, 1.165) is 39.2 Å². The molecule has 0 unspecified atom stereocenters. The van der Waals surface area contributed by atoms with Crippen molar-refractivity contribution in [1.29, 1.82) is 0 Å². The largest absolute Gasteiger partial charge is 0.309 e. The van der Waals surface area contributed by atoms with Crippen LogP contribution in [0.25, 0.3) is 106 Å². The molecule has 0 atom stereocenters. The van der Waals surface area contributed by atoms with Crippen LogP contribution in [0.15, 0.2) is 212 Å². The van der Waals surface area contributed by atoms with Crippen molar-refractivity contribution in [3.63, 3.8) is 0 Å². The molecule has 0 fully saturated rings. The van der Waals surface area contributed by atoms with Gasteiger partial charge in [-0.1, -0.05) is 190 Å². The first-order valence-electron chi connectivity index (χ1n) is 21.4. The number of nitrogens with zero attached hydrogens (tertiary/aromatic N) is 3. The molecule has 0 saturated carbocycles. The molecule has 62 heavy (non-hydrogen) atoms. The van der Waals surface area contributed by atoms with E-state index in [2.05, 4.69) is 225 Å². The van der Waals surface area contributed by atoms with Crippen LogP contribution in [0.2, 0.25) is 0 Å². The van der Waals surface area contributed by atoms with Crippen molar-refractivity contribution in [3.05, 3.63) is 223 Å². The van der Waals surface area contributed by atoms with E-state index in [-0.39, 0.29) is 5.41 Å². The molecule has 11 aromatic rings. The minimum atomic E-state index is -0.108. The van der Waals surface area contributed by atoms with Crippen molar-refractivity contribution >= 4 is 32.6 Å². The molecule has 9 aromatic carbocycles. The molecule has 1 aliphatic carbocycles. The zero-order chi connectivity index (χ0) is 41.4. The molecule has 0 bridgehead atoms. The summed E-state index contributed by atoms with van der Waals surface area (Å²) in [6, 6.07) is 76.6. The normalized spacial score (nSPS) is 12.8. The van der Waals surface area contributed by atoms with E-state index < -0.39 is 0 Å². The molecular weight excluding hydrogens is 751 g/mol. The van der Waals surface area contributed by atoms with E-state index in [1.807, 2.05) is 6.07 Å². The average Bonchev–Trinajstić information content (AvgIpc) is 3.79. The first-order valence-corrected chi connectivity index (χ1v) is 21.4. The molecule has 1 aliphatic rings. The van der Waals surface area contributed by atoms with Gasteiger partial charge in [0, 0.05) is 38.6 Å². The summed E-state index contributed by atoms with van der Waals surface area (Å²) in [5.41, 5.74) is 18.5. The minimum Gasteiger partial charge on any atom is -0.309 e. The fourth-order valence-corrected chi connectivity index (χ4v) is 9.93. The highest BCUT2D eigenvalue weighted by Crippen LogP contribution is 2.49. The molecule has 292 valence electrons. The lowest BCUT2D eigenvalue weighted by Crippen LogP contribution is -2.14. The maximum atomic E-state index is 5.27. The van der Waals surface area contributed by atoms with Gasteiger partial charge in [-0.3, -0.25) is 0 Å². The Kier molecular flexibility index (Phi) is 8.20. The molecule has 3 heteroatoms. The molecule has 0 N–H and O–H groups in total. The highest BCUT2D eigenvalue weighted by molar-refractivity contribution is 6.09. The predicted octanol–water partition coefficient (Wildman–Crippen LogP) is 15.4. The Labute approximate surface area is 361 Å². The van der Waals surface area contributed by atoms with Crippen LogP contribution in [-0.4, -0.2) is 14.5 Å². The highest BCUT2D eigenvalue weighted by atomic mass is 15.0. The number of rotatable bonds is 6. The summed E-state index contributed by atoms with van der Waals surface area (Å²) in [7, 11) is 0. The number of aromatic nitrogens is 3. The summed E-state index contributed by atoms with van der Waals surface area (Å²) < 4.78 is 2.37. The molecule has 0 saturated heterocycles. The smallest absolute Gasteiger partial charge is 0.160 e. The maximum Gasteiger partial charge on any atom is 0.160 e. The Morgan fingerprint density at radius 3 is 1.55 bits per heavy atom. The first kappa shape index (κ1) is 36.0. The first-order chi connectivity index (χ1) is 30.5. The number of para-hydroxylation sites is 2. The highest BCUT2D eigenvalue weighted by Gasteiger charge is 2.35. The van der Waals surface area contributed by atoms with E-state index in [4.69, 9.17) is 9.97 Å². The average molecular weight is 792 g/mol. The third-order valence-corrected chi connectivity index (χ3v) is 13.1. The molecule has 0 amide bonds. The van der Waals surface area contributed by atoms with Crippen molar-refractivity contribution in [2.24, 2.45) is 0 Å². The zero-order valence-corrected chi connectivity index (χ0v) is 34.5. The summed E-state index contributed by atoms with van der Waals surface area (Å²) in [5.74, 6) is 0.716. The third-order valence-electron chi connectivity index (χ3n) is 13.1. The van der Waals surface area contributed by atoms with Crippen molar-refractivity contribution in [3.8, 4) is 73.0 Å². The maximum absolute atomic E-state index is 5.27. The summed E-state index contributed by atoms with van der Waals surface area (Å²) in [6.45, 7) is 4.66. The second-order valence-corrected chi connectivity index (χ2v) is 17.0. The van der Waals surface area contributed by atoms with Gasteiger partial charge in [0.05, 0.1) is 22.4 Å². The Balaban J connectivity index is 0.908. The molecule has 0 spiro atoms. The van der Waals surface area contributed by atoms with Crippen molar-refractivity contribution < 1.29 is 0 Å². The fraction of sp³-hybridized carbons (Fsp3) is 0.0508. The molecule has 2 aromatic heterocycles. The van der Waals surface area contributed by atoms with Gasteiger partial charge in [-0.15, -0.1) is 0 Å². The second kappa shape index (κ2) is 14.1. The predicted molar refractivity (Wildman–Crippen MR) is 259 cm³/mol. The summed E-state index contributed by atoms with van der Waals surface area (Å²) in [4.78, 5) is 10.5. The molecule has 3 nitrogen and oxygen atoms in total. The molecule has 0 radical (unpaired) electrons. The summed E-state index contributed by atoms with van der Waals surface area (Å²) in [5, 5.41) is 4.89. The van der Waals surface area contributed by atoms with Crippen LogP contribution in [0.1, 0.15) is 25.0 Å². The van der Waals surface area contributed by atoms with Crippen LogP contribution in [0.4, 0.5) is 0 Å². The monoisotopic (exact) mass is 791 g/mol. The zero-order valence-electron chi connectivity index (χ0n) is 34.5. The van der Waals surface area contributed by atoms with Gasteiger partial charge in [0.1, 0.15) is 0 Å².